The second kappa shape index (κ2) is 5.83. The maximum Gasteiger partial charge on any atom is 0.317 e. The molecule has 0 spiro atoms. The Morgan fingerprint density at radius 1 is 1.20 bits per heavy atom. The highest BCUT2D eigenvalue weighted by Crippen LogP contribution is 2.43. The van der Waals surface area contributed by atoms with E-state index in [-0.39, 0.29) is 11.4 Å². The molecule has 2 amide bonds. The molecular weight excluding hydrogens is 252 g/mol. The molecule has 2 aliphatic rings. The highest BCUT2D eigenvalue weighted by Gasteiger charge is 2.39. The predicted octanol–water partition coefficient (Wildman–Crippen LogP) is 2.15. The van der Waals surface area contributed by atoms with Gasteiger partial charge in [0.2, 0.25) is 0 Å². The number of ether oxygens (including phenoxy) is 1. The number of nitrogens with one attached hydrogen (secondary N) is 1. The lowest BCUT2D eigenvalue weighted by atomic mass is 9.64. The fourth-order valence-electron chi connectivity index (χ4n) is 3.09. The van der Waals surface area contributed by atoms with Crippen LogP contribution in [0.3, 0.4) is 0 Å². The van der Waals surface area contributed by atoms with E-state index in [0.29, 0.717) is 26.3 Å². The molecule has 1 aromatic rings. The Morgan fingerprint density at radius 2 is 1.90 bits per heavy atom. The molecular formula is C16H22N2O2. The summed E-state index contributed by atoms with van der Waals surface area (Å²) in [5.74, 6) is 0. The molecule has 0 bridgehead atoms. The van der Waals surface area contributed by atoms with E-state index < -0.39 is 0 Å². The van der Waals surface area contributed by atoms with Gasteiger partial charge < -0.3 is 15.0 Å². The maximum absolute atomic E-state index is 12.2. The molecule has 20 heavy (non-hydrogen) atoms. The minimum Gasteiger partial charge on any atom is -0.378 e. The summed E-state index contributed by atoms with van der Waals surface area (Å²) in [6.45, 7) is 3.44. The van der Waals surface area contributed by atoms with E-state index in [1.165, 1.54) is 24.8 Å². The Kier molecular flexibility index (Phi) is 3.92. The number of carbonyl (C=O) groups excluding carboxylic acids is 1. The SMILES string of the molecule is O=C(NCC1(c2ccccc2)CCC1)N1CCOCC1. The molecule has 1 saturated carbocycles. The zero-order valence-corrected chi connectivity index (χ0v) is 11.8. The summed E-state index contributed by atoms with van der Waals surface area (Å²) in [6, 6.07) is 10.6. The third-order valence-electron chi connectivity index (χ3n) is 4.57. The van der Waals surface area contributed by atoms with Gasteiger partial charge in [-0.1, -0.05) is 36.8 Å². The van der Waals surface area contributed by atoms with Crippen LogP contribution in [0.1, 0.15) is 24.8 Å². The Morgan fingerprint density at radius 3 is 2.50 bits per heavy atom. The van der Waals surface area contributed by atoms with Crippen LogP contribution in [0.2, 0.25) is 0 Å². The van der Waals surface area contributed by atoms with Crippen molar-refractivity contribution in [1.82, 2.24) is 10.2 Å². The van der Waals surface area contributed by atoms with Crippen LogP contribution in [0.15, 0.2) is 30.3 Å². The zero-order chi connectivity index (χ0) is 13.8. The standard InChI is InChI=1S/C16H22N2O2/c19-15(18-9-11-20-12-10-18)17-13-16(7-4-8-16)14-5-2-1-3-6-14/h1-3,5-6H,4,7-13H2,(H,17,19). The Balaban J connectivity index is 1.60. The van der Waals surface area contributed by atoms with Gasteiger partial charge in [0.15, 0.2) is 0 Å². The Bertz CT molecular complexity index is 451. The van der Waals surface area contributed by atoms with E-state index in [2.05, 4.69) is 29.6 Å². The van der Waals surface area contributed by atoms with Gasteiger partial charge in [0.05, 0.1) is 13.2 Å². The van der Waals surface area contributed by atoms with Crippen molar-refractivity contribution >= 4 is 6.03 Å². The van der Waals surface area contributed by atoms with Crippen molar-refractivity contribution in [2.24, 2.45) is 0 Å². The minimum atomic E-state index is 0.0514. The summed E-state index contributed by atoms with van der Waals surface area (Å²) in [5, 5.41) is 3.13. The summed E-state index contributed by atoms with van der Waals surface area (Å²) >= 11 is 0. The number of rotatable bonds is 3. The third kappa shape index (κ3) is 2.66. The van der Waals surface area contributed by atoms with Crippen molar-refractivity contribution < 1.29 is 9.53 Å². The molecule has 3 rings (SSSR count). The molecule has 1 aliphatic heterocycles. The molecule has 0 unspecified atom stereocenters. The summed E-state index contributed by atoms with van der Waals surface area (Å²) in [6.07, 6.45) is 3.59. The van der Waals surface area contributed by atoms with Crippen LogP contribution in [0.4, 0.5) is 4.79 Å². The number of hydrogen-bond acceptors (Lipinski definition) is 2. The summed E-state index contributed by atoms with van der Waals surface area (Å²) < 4.78 is 5.28. The fraction of sp³-hybridized carbons (Fsp3) is 0.562. The molecule has 2 fully saturated rings. The molecule has 1 N–H and O–H groups in total. The molecule has 4 nitrogen and oxygen atoms in total. The molecule has 108 valence electrons. The normalized spacial score (nSPS) is 21.1. The van der Waals surface area contributed by atoms with Gasteiger partial charge >= 0.3 is 6.03 Å². The number of benzene rings is 1. The number of urea groups is 1. The lowest BCUT2D eigenvalue weighted by Crippen LogP contribution is -2.51. The lowest BCUT2D eigenvalue weighted by Gasteiger charge is -2.43. The summed E-state index contributed by atoms with van der Waals surface area (Å²) in [5.41, 5.74) is 1.51. The summed E-state index contributed by atoms with van der Waals surface area (Å²) in [7, 11) is 0. The van der Waals surface area contributed by atoms with E-state index >= 15 is 0 Å². The van der Waals surface area contributed by atoms with Gasteiger partial charge in [0.1, 0.15) is 0 Å². The van der Waals surface area contributed by atoms with Crippen LogP contribution in [-0.4, -0.2) is 43.8 Å². The van der Waals surface area contributed by atoms with Crippen molar-refractivity contribution in [3.8, 4) is 0 Å². The van der Waals surface area contributed by atoms with Crippen LogP contribution in [0, 0.1) is 0 Å². The zero-order valence-electron chi connectivity index (χ0n) is 11.8. The van der Waals surface area contributed by atoms with Gasteiger partial charge in [0.25, 0.3) is 0 Å². The average Bonchev–Trinajstić information content (AvgIpc) is 2.48. The second-order valence-corrected chi connectivity index (χ2v) is 5.76. The van der Waals surface area contributed by atoms with Crippen molar-refractivity contribution in [3.05, 3.63) is 35.9 Å². The first-order chi connectivity index (χ1) is 9.80. The number of nitrogens with zero attached hydrogens (tertiary/aromatic N) is 1. The molecule has 1 saturated heterocycles. The topological polar surface area (TPSA) is 41.6 Å². The smallest absolute Gasteiger partial charge is 0.317 e. The molecule has 1 aromatic carbocycles. The first-order valence-electron chi connectivity index (χ1n) is 7.46. The van der Waals surface area contributed by atoms with Gasteiger partial charge in [-0.3, -0.25) is 0 Å². The van der Waals surface area contributed by atoms with Crippen LogP contribution >= 0.6 is 0 Å². The van der Waals surface area contributed by atoms with Crippen LogP contribution in [0.25, 0.3) is 0 Å². The fourth-order valence-corrected chi connectivity index (χ4v) is 3.09. The largest absolute Gasteiger partial charge is 0.378 e. The van der Waals surface area contributed by atoms with Gasteiger partial charge in [-0.25, -0.2) is 4.79 Å². The van der Waals surface area contributed by atoms with Crippen molar-refractivity contribution in [2.75, 3.05) is 32.8 Å². The minimum absolute atomic E-state index is 0.0514. The van der Waals surface area contributed by atoms with Crippen molar-refractivity contribution in [3.63, 3.8) is 0 Å². The van der Waals surface area contributed by atoms with Gasteiger partial charge in [-0.15, -0.1) is 0 Å². The van der Waals surface area contributed by atoms with Crippen molar-refractivity contribution in [2.45, 2.75) is 24.7 Å². The second-order valence-electron chi connectivity index (χ2n) is 5.76. The molecule has 0 aromatic heterocycles. The third-order valence-corrected chi connectivity index (χ3v) is 4.57. The molecule has 1 aliphatic carbocycles. The molecule has 0 radical (unpaired) electrons. The monoisotopic (exact) mass is 274 g/mol. The van der Waals surface area contributed by atoms with E-state index in [9.17, 15) is 4.79 Å². The van der Waals surface area contributed by atoms with Gasteiger partial charge in [-0.2, -0.15) is 0 Å². The van der Waals surface area contributed by atoms with Crippen LogP contribution in [0.5, 0.6) is 0 Å². The van der Waals surface area contributed by atoms with Gasteiger partial charge in [-0.05, 0) is 18.4 Å². The highest BCUT2D eigenvalue weighted by molar-refractivity contribution is 5.74. The van der Waals surface area contributed by atoms with E-state index in [1.807, 2.05) is 11.0 Å². The first-order valence-corrected chi connectivity index (χ1v) is 7.46. The predicted molar refractivity (Wildman–Crippen MR) is 77.8 cm³/mol. The number of amides is 2. The molecule has 1 heterocycles. The van der Waals surface area contributed by atoms with Crippen molar-refractivity contribution in [1.29, 1.82) is 0 Å². The highest BCUT2D eigenvalue weighted by atomic mass is 16.5. The number of morpholine rings is 1. The molecule has 4 heteroatoms. The van der Waals surface area contributed by atoms with Gasteiger partial charge in [0, 0.05) is 25.0 Å². The van der Waals surface area contributed by atoms with Crippen LogP contribution < -0.4 is 5.32 Å². The van der Waals surface area contributed by atoms with E-state index in [0.717, 1.165) is 6.54 Å². The Hall–Kier alpha value is -1.55. The first kappa shape index (κ1) is 13.4. The molecule has 0 atom stereocenters. The van der Waals surface area contributed by atoms with Crippen LogP contribution in [-0.2, 0) is 10.2 Å². The maximum atomic E-state index is 12.2. The van der Waals surface area contributed by atoms with E-state index in [4.69, 9.17) is 4.74 Å². The quantitative estimate of drug-likeness (QED) is 0.917. The lowest BCUT2D eigenvalue weighted by molar-refractivity contribution is 0.0523. The summed E-state index contributed by atoms with van der Waals surface area (Å²) in [4.78, 5) is 14.0. The average molecular weight is 274 g/mol. The Labute approximate surface area is 120 Å². The number of hydrogen-bond donors (Lipinski definition) is 1. The number of carbonyl (C=O) groups is 1. The van der Waals surface area contributed by atoms with E-state index in [1.54, 1.807) is 0 Å².